The van der Waals surface area contributed by atoms with E-state index < -0.39 is 16.0 Å². The second-order valence-electron chi connectivity index (χ2n) is 8.00. The van der Waals surface area contributed by atoms with E-state index in [0.29, 0.717) is 25.9 Å². The molecule has 2 aliphatic heterocycles. The number of thiazole rings is 1. The third-order valence-electron chi connectivity index (χ3n) is 5.95. The Kier molecular flexibility index (Phi) is 7.35. The minimum Gasteiger partial charge on any atom is -0.460 e. The number of esters is 1. The highest BCUT2D eigenvalue weighted by Crippen LogP contribution is 2.27. The van der Waals surface area contributed by atoms with E-state index in [-0.39, 0.29) is 42.4 Å². The molecule has 33 heavy (non-hydrogen) atoms. The summed E-state index contributed by atoms with van der Waals surface area (Å²) in [5.74, 6) is -0.951. The second-order valence-corrected chi connectivity index (χ2v) is 10.7. The topological polar surface area (TPSA) is 113 Å². The van der Waals surface area contributed by atoms with Gasteiger partial charge in [-0.25, -0.2) is 18.2 Å². The first-order valence-corrected chi connectivity index (χ1v) is 13.4. The number of hydrogen-bond acceptors (Lipinski definition) is 9. The highest BCUT2D eigenvalue weighted by atomic mass is 32.2. The Bertz CT molecular complexity index is 1060. The summed E-state index contributed by atoms with van der Waals surface area (Å²) in [5.41, 5.74) is 0. The summed E-state index contributed by atoms with van der Waals surface area (Å²) in [6.07, 6.45) is 3.57. The van der Waals surface area contributed by atoms with Gasteiger partial charge in [-0.2, -0.15) is 4.31 Å². The molecule has 1 amide bonds. The van der Waals surface area contributed by atoms with Crippen molar-refractivity contribution in [1.82, 2.24) is 14.2 Å². The lowest BCUT2D eigenvalue weighted by molar-refractivity contribution is -0.136. The average Bonchev–Trinajstić information content (AvgIpc) is 3.48. The Hall–Kier alpha value is -2.44. The van der Waals surface area contributed by atoms with Crippen LogP contribution in [0.3, 0.4) is 0 Å². The van der Waals surface area contributed by atoms with Gasteiger partial charge in [0.2, 0.25) is 16.8 Å². The Morgan fingerprint density at radius 1 is 1.15 bits per heavy atom. The van der Waals surface area contributed by atoms with Crippen LogP contribution in [0.25, 0.3) is 0 Å². The summed E-state index contributed by atoms with van der Waals surface area (Å²) >= 11 is 1.60. The van der Waals surface area contributed by atoms with Gasteiger partial charge in [-0.1, -0.05) is 0 Å². The van der Waals surface area contributed by atoms with Crippen LogP contribution in [0.2, 0.25) is 0 Å². The first-order chi connectivity index (χ1) is 15.9. The number of ether oxygens (including phenoxy) is 1. The van der Waals surface area contributed by atoms with Crippen LogP contribution in [0.1, 0.15) is 36.7 Å². The van der Waals surface area contributed by atoms with Crippen molar-refractivity contribution in [3.63, 3.8) is 0 Å². The molecule has 10 nitrogen and oxygen atoms in total. The molecular formula is C21H28N4O6S2. The molecule has 0 radical (unpaired) electrons. The van der Waals surface area contributed by atoms with Crippen LogP contribution in [0.15, 0.2) is 33.2 Å². The molecule has 0 saturated carbocycles. The average molecular weight is 497 g/mol. The number of carbonyl (C=O) groups excluding carboxylic acids is 2. The number of furan rings is 1. The largest absolute Gasteiger partial charge is 0.460 e. The van der Waals surface area contributed by atoms with Crippen LogP contribution in [0, 0.1) is 5.92 Å². The molecule has 2 saturated heterocycles. The monoisotopic (exact) mass is 496 g/mol. The zero-order valence-electron chi connectivity index (χ0n) is 18.5. The van der Waals surface area contributed by atoms with E-state index in [1.165, 1.54) is 16.4 Å². The van der Waals surface area contributed by atoms with Gasteiger partial charge in [0.1, 0.15) is 0 Å². The van der Waals surface area contributed by atoms with Crippen LogP contribution in [-0.2, 0) is 19.6 Å². The number of rotatable bonds is 6. The normalized spacial score (nSPS) is 18.8. The maximum absolute atomic E-state index is 13.1. The quantitative estimate of drug-likeness (QED) is 0.559. The van der Waals surface area contributed by atoms with Gasteiger partial charge in [0, 0.05) is 56.8 Å². The number of sulfonamides is 1. The molecule has 2 aliphatic rings. The fraction of sp³-hybridized carbons (Fsp3) is 0.571. The summed E-state index contributed by atoms with van der Waals surface area (Å²) in [7, 11) is -3.88. The van der Waals surface area contributed by atoms with Gasteiger partial charge in [0.25, 0.3) is 10.0 Å². The van der Waals surface area contributed by atoms with Crippen molar-refractivity contribution >= 4 is 38.4 Å². The van der Waals surface area contributed by atoms with E-state index in [9.17, 15) is 18.0 Å². The van der Waals surface area contributed by atoms with Gasteiger partial charge < -0.3 is 19.0 Å². The number of piperidine rings is 1. The van der Waals surface area contributed by atoms with E-state index in [0.717, 1.165) is 24.6 Å². The van der Waals surface area contributed by atoms with Crippen LogP contribution in [0.5, 0.6) is 0 Å². The molecule has 0 atom stereocenters. The summed E-state index contributed by atoms with van der Waals surface area (Å²) in [6, 6.07) is 2.57. The van der Waals surface area contributed by atoms with E-state index in [2.05, 4.69) is 9.88 Å². The van der Waals surface area contributed by atoms with E-state index in [1.807, 2.05) is 10.3 Å². The fourth-order valence-corrected chi connectivity index (χ4v) is 6.28. The van der Waals surface area contributed by atoms with E-state index >= 15 is 0 Å². The molecule has 4 heterocycles. The number of carbonyl (C=O) groups is 2. The molecule has 0 N–H and O–H groups in total. The molecule has 2 aromatic rings. The lowest BCUT2D eigenvalue weighted by Crippen LogP contribution is -2.45. The van der Waals surface area contributed by atoms with Crippen molar-refractivity contribution in [1.29, 1.82) is 0 Å². The first kappa shape index (κ1) is 23.7. The highest BCUT2D eigenvalue weighted by molar-refractivity contribution is 7.89. The lowest BCUT2D eigenvalue weighted by atomic mass is 9.96. The third-order valence-corrected chi connectivity index (χ3v) is 8.56. The van der Waals surface area contributed by atoms with Crippen LogP contribution in [-0.4, -0.2) is 80.4 Å². The van der Waals surface area contributed by atoms with Gasteiger partial charge in [-0.3, -0.25) is 4.79 Å². The molecule has 2 fully saturated rings. The predicted molar refractivity (Wildman–Crippen MR) is 122 cm³/mol. The molecule has 180 valence electrons. The Morgan fingerprint density at radius 2 is 1.94 bits per heavy atom. The SMILES string of the molecule is CCOC(=O)c1ccc(S(=O)(=O)N2CCC(C(=O)N3CCCN(c4nccs4)CC3)CC2)o1. The van der Waals surface area contributed by atoms with Crippen LogP contribution >= 0.6 is 11.3 Å². The van der Waals surface area contributed by atoms with Gasteiger partial charge in [0.15, 0.2) is 5.13 Å². The van der Waals surface area contributed by atoms with Crippen molar-refractivity contribution in [3.8, 4) is 0 Å². The molecule has 0 bridgehead atoms. The molecule has 0 aromatic carbocycles. The molecule has 0 spiro atoms. The molecule has 4 rings (SSSR count). The molecule has 12 heteroatoms. The summed E-state index contributed by atoms with van der Waals surface area (Å²) < 4.78 is 37.3. The smallest absolute Gasteiger partial charge is 0.374 e. The maximum Gasteiger partial charge on any atom is 0.374 e. The van der Waals surface area contributed by atoms with Gasteiger partial charge >= 0.3 is 5.97 Å². The predicted octanol–water partition coefficient (Wildman–Crippen LogP) is 2.05. The Labute approximate surface area is 197 Å². The van der Waals surface area contributed by atoms with Gasteiger partial charge in [0.05, 0.1) is 6.61 Å². The summed E-state index contributed by atoms with van der Waals surface area (Å²) in [6.45, 7) is 5.23. The number of anilines is 1. The van der Waals surface area contributed by atoms with Crippen molar-refractivity contribution < 1.29 is 27.2 Å². The Morgan fingerprint density at radius 3 is 2.64 bits per heavy atom. The number of hydrogen-bond donors (Lipinski definition) is 0. The molecule has 0 unspecified atom stereocenters. The molecule has 2 aromatic heterocycles. The number of amides is 1. The standard InChI is InChI=1S/C21H28N4O6S2/c1-2-30-20(27)17-4-5-18(31-17)33(28,29)25-11-6-16(7-12-25)19(26)23-9-3-10-24(14-13-23)21-22-8-15-32-21/h4-5,8,15-16H,2-3,6-7,9-14H2,1H3. The van der Waals surface area contributed by atoms with E-state index in [1.54, 1.807) is 24.5 Å². The number of aromatic nitrogens is 1. The van der Waals surface area contributed by atoms with Crippen LogP contribution in [0.4, 0.5) is 5.13 Å². The van der Waals surface area contributed by atoms with Gasteiger partial charge in [-0.05, 0) is 38.3 Å². The fourth-order valence-electron chi connectivity index (χ4n) is 4.20. The third kappa shape index (κ3) is 5.22. The lowest BCUT2D eigenvalue weighted by Gasteiger charge is -2.33. The highest BCUT2D eigenvalue weighted by Gasteiger charge is 2.36. The summed E-state index contributed by atoms with van der Waals surface area (Å²) in [4.78, 5) is 33.4. The maximum atomic E-state index is 13.1. The minimum atomic E-state index is -3.88. The second kappa shape index (κ2) is 10.2. The Balaban J connectivity index is 1.32. The molecule has 0 aliphatic carbocycles. The van der Waals surface area contributed by atoms with Crippen LogP contribution < -0.4 is 4.90 Å². The van der Waals surface area contributed by atoms with Crippen molar-refractivity contribution in [2.75, 3.05) is 50.8 Å². The zero-order chi connectivity index (χ0) is 23.4. The zero-order valence-corrected chi connectivity index (χ0v) is 20.1. The minimum absolute atomic E-state index is 0.0932. The van der Waals surface area contributed by atoms with E-state index in [4.69, 9.17) is 9.15 Å². The number of nitrogens with zero attached hydrogens (tertiary/aromatic N) is 4. The summed E-state index contributed by atoms with van der Waals surface area (Å²) in [5, 5.41) is 2.64. The van der Waals surface area contributed by atoms with Crippen molar-refractivity contribution in [2.45, 2.75) is 31.3 Å². The first-order valence-electron chi connectivity index (χ1n) is 11.1. The van der Waals surface area contributed by atoms with Crippen molar-refractivity contribution in [3.05, 3.63) is 29.5 Å². The molecular weight excluding hydrogens is 468 g/mol. The van der Waals surface area contributed by atoms with Gasteiger partial charge in [-0.15, -0.1) is 11.3 Å². The van der Waals surface area contributed by atoms with Crippen molar-refractivity contribution in [2.24, 2.45) is 5.92 Å².